The second kappa shape index (κ2) is 65.1. The second-order valence-electron chi connectivity index (χ2n) is 24.1. The molecule has 77 heavy (non-hydrogen) atoms. The van der Waals surface area contributed by atoms with E-state index < -0.39 is 18.2 Å². The molecule has 0 heterocycles. The van der Waals surface area contributed by atoms with Crippen molar-refractivity contribution in [2.75, 3.05) is 13.2 Å². The van der Waals surface area contributed by atoms with Crippen molar-refractivity contribution in [3.05, 3.63) is 24.3 Å². The van der Waals surface area contributed by atoms with E-state index in [0.29, 0.717) is 19.4 Å². The van der Waals surface area contributed by atoms with Crippen molar-refractivity contribution in [1.29, 1.82) is 0 Å². The van der Waals surface area contributed by atoms with Gasteiger partial charge in [0.15, 0.2) is 0 Å². The van der Waals surface area contributed by atoms with E-state index >= 15 is 0 Å². The highest BCUT2D eigenvalue weighted by atomic mass is 16.5. The number of aliphatic hydroxyl groups is 3. The summed E-state index contributed by atoms with van der Waals surface area (Å²) in [5, 5.41) is 33.7. The average Bonchev–Trinajstić information content (AvgIpc) is 3.43. The Hall–Kier alpha value is -1.70. The number of hydrogen-bond acceptors (Lipinski definition) is 6. The predicted molar refractivity (Wildman–Crippen MR) is 335 cm³/mol. The highest BCUT2D eigenvalue weighted by Gasteiger charge is 2.27. The molecule has 0 saturated heterocycles. The molecule has 0 fully saturated rings. The number of ether oxygens (including phenoxy) is 1. The van der Waals surface area contributed by atoms with Crippen LogP contribution < -0.4 is 5.32 Å². The Morgan fingerprint density at radius 2 is 0.688 bits per heavy atom. The Balaban J connectivity index is 3.37. The van der Waals surface area contributed by atoms with E-state index in [9.17, 15) is 24.9 Å². The van der Waals surface area contributed by atoms with Crippen molar-refractivity contribution in [3.63, 3.8) is 0 Å². The molecular weight excluding hydrogens is 951 g/mol. The molecule has 0 rings (SSSR count). The molecule has 0 radical (unpaired) electrons. The lowest BCUT2D eigenvalue weighted by molar-refractivity contribution is -0.137. The highest BCUT2D eigenvalue weighted by molar-refractivity contribution is 5.82. The van der Waals surface area contributed by atoms with Crippen LogP contribution in [0.3, 0.4) is 0 Å². The molecule has 0 saturated carbocycles. The zero-order valence-electron chi connectivity index (χ0n) is 51.8. The molecule has 7 nitrogen and oxygen atoms in total. The minimum Gasteiger partial charge on any atom is -0.463 e. The molecule has 456 valence electrons. The summed E-state index contributed by atoms with van der Waals surface area (Å²) in [4.78, 5) is 24.5. The maximum Gasteiger partial charge on any atom is 0.330 e. The number of carbonyl (C=O) groups is 2. The van der Waals surface area contributed by atoms with Crippen LogP contribution in [0.2, 0.25) is 0 Å². The van der Waals surface area contributed by atoms with Crippen LogP contribution in [0.5, 0.6) is 0 Å². The Morgan fingerprint density at radius 1 is 0.390 bits per heavy atom. The molecule has 0 aliphatic carbocycles. The van der Waals surface area contributed by atoms with Crippen LogP contribution in [0.15, 0.2) is 24.3 Å². The number of esters is 1. The minimum atomic E-state index is -1.14. The zero-order valence-corrected chi connectivity index (χ0v) is 51.8. The fourth-order valence-electron chi connectivity index (χ4n) is 11.1. The monoisotopic (exact) mass is 1090 g/mol. The maximum atomic E-state index is 12.5. The summed E-state index contributed by atoms with van der Waals surface area (Å²) < 4.78 is 5.38. The normalized spacial score (nSPS) is 13.1. The van der Waals surface area contributed by atoms with Gasteiger partial charge >= 0.3 is 5.97 Å². The summed E-state index contributed by atoms with van der Waals surface area (Å²) >= 11 is 0. The molecule has 3 atom stereocenters. The van der Waals surface area contributed by atoms with E-state index in [-0.39, 0.29) is 18.5 Å². The van der Waals surface area contributed by atoms with Crippen molar-refractivity contribution in [3.8, 4) is 0 Å². The van der Waals surface area contributed by atoms with Gasteiger partial charge in [0.1, 0.15) is 6.10 Å². The molecule has 7 heteroatoms. The SMILES string of the molecule is CCCCCCCCCCCCCC=CC=CC(=O)OCCCCCCCCCCCCCCCCCCCCCCCCCCCCCCCCCC(=O)N[C@H](CO)[C@H](O)C(O)CCCCCCCCCCCCCC. The van der Waals surface area contributed by atoms with Gasteiger partial charge in [0.25, 0.3) is 0 Å². The molecule has 0 aromatic carbocycles. The summed E-state index contributed by atoms with van der Waals surface area (Å²) in [5.41, 5.74) is 0. The second-order valence-corrected chi connectivity index (χ2v) is 24.1. The minimum absolute atomic E-state index is 0.143. The van der Waals surface area contributed by atoms with Gasteiger partial charge in [-0.15, -0.1) is 0 Å². The lowest BCUT2D eigenvalue weighted by Crippen LogP contribution is -2.50. The third-order valence-electron chi connectivity index (χ3n) is 16.4. The maximum absolute atomic E-state index is 12.5. The number of aliphatic hydroxyl groups excluding tert-OH is 3. The van der Waals surface area contributed by atoms with E-state index in [2.05, 4.69) is 25.2 Å². The van der Waals surface area contributed by atoms with Gasteiger partial charge in [-0.25, -0.2) is 4.79 Å². The van der Waals surface area contributed by atoms with Crippen LogP contribution >= 0.6 is 0 Å². The largest absolute Gasteiger partial charge is 0.463 e. The number of rotatable bonds is 65. The Bertz CT molecular complexity index is 1220. The summed E-state index contributed by atoms with van der Waals surface area (Å²) in [6, 6.07) is -0.810. The van der Waals surface area contributed by atoms with E-state index in [1.54, 1.807) is 6.08 Å². The summed E-state index contributed by atoms with van der Waals surface area (Å²) in [7, 11) is 0. The zero-order chi connectivity index (χ0) is 55.8. The molecule has 0 bridgehead atoms. The van der Waals surface area contributed by atoms with Gasteiger partial charge in [-0.1, -0.05) is 360 Å². The van der Waals surface area contributed by atoms with Crippen LogP contribution in [0.25, 0.3) is 0 Å². The van der Waals surface area contributed by atoms with Gasteiger partial charge < -0.3 is 25.4 Å². The molecule has 0 aliphatic rings. The standard InChI is InChI=1S/C70H135NO6/c1-3-5-7-9-11-13-15-17-35-39-43-47-51-55-59-63-69(75)77-64-60-56-52-48-44-40-37-34-32-30-28-26-24-22-20-18-19-21-23-25-27-29-31-33-36-38-42-46-50-54-58-62-68(74)71-66(65-72)70(76)67(73)61-57-53-49-45-41-16-14-12-10-8-6-4-2/h51,55,59,63,66-67,70,72-73,76H,3-50,52-54,56-58,60-62,64-65H2,1-2H3,(H,71,74)/t66-,67?,70+/m1/s1. The van der Waals surface area contributed by atoms with Crippen LogP contribution in [0.1, 0.15) is 380 Å². The average molecular weight is 1090 g/mol. The van der Waals surface area contributed by atoms with Gasteiger partial charge in [0.2, 0.25) is 5.91 Å². The number of nitrogens with one attached hydrogen (secondary N) is 1. The van der Waals surface area contributed by atoms with Gasteiger partial charge in [-0.2, -0.15) is 0 Å². The Kier molecular flexibility index (Phi) is 63.7. The van der Waals surface area contributed by atoms with Crippen molar-refractivity contribution in [2.45, 2.75) is 398 Å². The van der Waals surface area contributed by atoms with E-state index in [1.165, 1.54) is 295 Å². The lowest BCUT2D eigenvalue weighted by Gasteiger charge is -2.26. The smallest absolute Gasteiger partial charge is 0.330 e. The summed E-state index contributed by atoms with van der Waals surface area (Å²) in [6.07, 6.45) is 78.7. The Morgan fingerprint density at radius 3 is 1.03 bits per heavy atom. The molecule has 0 aromatic heterocycles. The molecule has 1 amide bonds. The molecule has 4 N–H and O–H groups in total. The molecular formula is C70H135NO6. The van der Waals surface area contributed by atoms with E-state index in [0.717, 1.165) is 57.8 Å². The summed E-state index contributed by atoms with van der Waals surface area (Å²) in [6.45, 7) is 4.72. The van der Waals surface area contributed by atoms with Gasteiger partial charge in [0, 0.05) is 12.5 Å². The highest BCUT2D eigenvalue weighted by Crippen LogP contribution is 2.19. The van der Waals surface area contributed by atoms with Crippen molar-refractivity contribution < 1.29 is 29.6 Å². The Labute approximate surface area is 480 Å². The number of amides is 1. The van der Waals surface area contributed by atoms with E-state index in [1.807, 2.05) is 12.2 Å². The predicted octanol–water partition coefficient (Wildman–Crippen LogP) is 21.1. The molecule has 0 aromatic rings. The van der Waals surface area contributed by atoms with Crippen LogP contribution in [-0.4, -0.2) is 58.7 Å². The number of carbonyl (C=O) groups excluding carboxylic acids is 2. The first kappa shape index (κ1) is 75.3. The third kappa shape index (κ3) is 60.2. The number of allylic oxidation sites excluding steroid dienone is 3. The molecule has 0 spiro atoms. The van der Waals surface area contributed by atoms with Crippen molar-refractivity contribution in [1.82, 2.24) is 5.32 Å². The van der Waals surface area contributed by atoms with E-state index in [4.69, 9.17) is 4.74 Å². The first-order chi connectivity index (χ1) is 38.0. The van der Waals surface area contributed by atoms with Crippen molar-refractivity contribution in [2.24, 2.45) is 0 Å². The van der Waals surface area contributed by atoms with Gasteiger partial charge in [-0.3, -0.25) is 4.79 Å². The van der Waals surface area contributed by atoms with Crippen LogP contribution in [-0.2, 0) is 14.3 Å². The lowest BCUT2D eigenvalue weighted by atomic mass is 9.99. The van der Waals surface area contributed by atoms with Crippen LogP contribution in [0.4, 0.5) is 0 Å². The first-order valence-corrected chi connectivity index (χ1v) is 34.7. The quantitative estimate of drug-likeness (QED) is 0.0209. The third-order valence-corrected chi connectivity index (χ3v) is 16.4. The van der Waals surface area contributed by atoms with Crippen molar-refractivity contribution >= 4 is 11.9 Å². The van der Waals surface area contributed by atoms with Gasteiger partial charge in [0.05, 0.1) is 25.4 Å². The number of unbranched alkanes of at least 4 members (excludes halogenated alkanes) is 52. The number of hydrogen-bond donors (Lipinski definition) is 4. The first-order valence-electron chi connectivity index (χ1n) is 34.7. The summed E-state index contributed by atoms with van der Waals surface area (Å²) in [5.74, 6) is -0.353. The fraction of sp³-hybridized carbons (Fsp3) is 0.914. The molecule has 0 aliphatic heterocycles. The van der Waals surface area contributed by atoms with Gasteiger partial charge in [-0.05, 0) is 32.1 Å². The van der Waals surface area contributed by atoms with Crippen LogP contribution in [0, 0.1) is 0 Å². The fourth-order valence-corrected chi connectivity index (χ4v) is 11.1. The topological polar surface area (TPSA) is 116 Å². The molecule has 1 unspecified atom stereocenters.